The van der Waals surface area contributed by atoms with Crippen molar-refractivity contribution in [1.29, 1.82) is 0 Å². The maximum absolute atomic E-state index is 12.2. The van der Waals surface area contributed by atoms with Gasteiger partial charge in [-0.2, -0.15) is 0 Å². The topological polar surface area (TPSA) is 76.6 Å². The average Bonchev–Trinajstić information content (AvgIpc) is 3.11. The average molecular weight is 394 g/mol. The van der Waals surface area contributed by atoms with Gasteiger partial charge in [-0.15, -0.1) is 0 Å². The molecule has 0 saturated heterocycles. The summed E-state index contributed by atoms with van der Waals surface area (Å²) < 4.78 is 5.37. The smallest absolute Gasteiger partial charge is 0.336 e. The summed E-state index contributed by atoms with van der Waals surface area (Å²) in [7, 11) is 0. The molecule has 3 aromatic rings. The van der Waals surface area contributed by atoms with E-state index in [1.807, 2.05) is 35.9 Å². The highest BCUT2D eigenvalue weighted by atomic mass is 32.2. The van der Waals surface area contributed by atoms with Crippen molar-refractivity contribution in [3.63, 3.8) is 0 Å². The van der Waals surface area contributed by atoms with Crippen molar-refractivity contribution < 1.29 is 9.34 Å². The predicted molar refractivity (Wildman–Crippen MR) is 110 cm³/mol. The van der Waals surface area contributed by atoms with Crippen LogP contribution in [0.2, 0.25) is 0 Å². The molecule has 0 bridgehead atoms. The summed E-state index contributed by atoms with van der Waals surface area (Å²) in [6.07, 6.45) is 2.73. The summed E-state index contributed by atoms with van der Waals surface area (Å²) in [5, 5.41) is 14.0. The number of nitro groups is 1. The maximum atomic E-state index is 12.2. The van der Waals surface area contributed by atoms with E-state index in [1.165, 1.54) is 6.07 Å². The molecule has 0 fully saturated rings. The molecule has 28 heavy (non-hydrogen) atoms. The zero-order valence-electron chi connectivity index (χ0n) is 15.2. The summed E-state index contributed by atoms with van der Waals surface area (Å²) in [6.45, 7) is 2.57. The van der Waals surface area contributed by atoms with Gasteiger partial charge < -0.3 is 9.32 Å². The Morgan fingerprint density at radius 2 is 2.00 bits per heavy atom. The minimum atomic E-state index is -0.486. The van der Waals surface area contributed by atoms with Gasteiger partial charge in [-0.05, 0) is 23.5 Å². The number of nitrogens with zero attached hydrogens (tertiary/aromatic N) is 2. The lowest BCUT2D eigenvalue weighted by molar-refractivity contribution is -0.384. The lowest BCUT2D eigenvalue weighted by Gasteiger charge is -2.39. The monoisotopic (exact) mass is 394 g/mol. The van der Waals surface area contributed by atoms with E-state index in [-0.39, 0.29) is 16.2 Å². The van der Waals surface area contributed by atoms with E-state index in [2.05, 4.69) is 11.8 Å². The van der Waals surface area contributed by atoms with Gasteiger partial charge in [0.1, 0.15) is 10.5 Å². The second-order valence-electron chi connectivity index (χ2n) is 6.57. The van der Waals surface area contributed by atoms with Gasteiger partial charge in [0.15, 0.2) is 0 Å². The van der Waals surface area contributed by atoms with Crippen molar-refractivity contribution in [1.82, 2.24) is 4.90 Å². The van der Waals surface area contributed by atoms with Gasteiger partial charge in [-0.25, -0.2) is 4.79 Å². The van der Waals surface area contributed by atoms with Crippen LogP contribution in [0.25, 0.3) is 11.0 Å². The van der Waals surface area contributed by atoms with Crippen molar-refractivity contribution in [3.8, 4) is 0 Å². The highest BCUT2D eigenvalue weighted by Gasteiger charge is 2.40. The Bertz CT molecular complexity index is 1140. The molecule has 4 rings (SSSR count). The summed E-state index contributed by atoms with van der Waals surface area (Å²) in [6, 6.07) is 15.7. The highest BCUT2D eigenvalue weighted by Crippen LogP contribution is 2.50. The largest absolute Gasteiger partial charge is 0.423 e. The van der Waals surface area contributed by atoms with E-state index in [0.717, 1.165) is 22.9 Å². The van der Waals surface area contributed by atoms with Crippen LogP contribution in [0.3, 0.4) is 0 Å². The summed E-state index contributed by atoms with van der Waals surface area (Å²) in [5.74, 6) is 0. The van der Waals surface area contributed by atoms with Crippen LogP contribution in [-0.2, 0) is 11.4 Å². The van der Waals surface area contributed by atoms with E-state index < -0.39 is 4.87 Å². The number of para-hydroxylation sites is 1. The molecule has 2 heterocycles. The first-order valence-electron chi connectivity index (χ1n) is 8.91. The van der Waals surface area contributed by atoms with Crippen molar-refractivity contribution >= 4 is 28.4 Å². The summed E-state index contributed by atoms with van der Waals surface area (Å²) in [4.78, 5) is 24.6. The van der Waals surface area contributed by atoms with Crippen LogP contribution in [0.4, 0.5) is 5.69 Å². The highest BCUT2D eigenvalue weighted by molar-refractivity contribution is 8.03. The van der Waals surface area contributed by atoms with Crippen molar-refractivity contribution in [2.24, 2.45) is 0 Å². The van der Waals surface area contributed by atoms with Crippen LogP contribution >= 0.6 is 11.8 Å². The second-order valence-corrected chi connectivity index (χ2v) is 7.75. The standard InChI is InChI=1S/C21H18N2O4S/c1-2-21(18-13-20(24)27-19-9-4-3-8-17(18)19)22(10-11-28-21)14-15-6-5-7-16(12-15)23(25)26/h3-13H,2,14H2,1H3. The molecule has 0 amide bonds. The van der Waals surface area contributed by atoms with Crippen LogP contribution in [0.1, 0.15) is 24.5 Å². The fraction of sp³-hybridized carbons (Fsp3) is 0.190. The Morgan fingerprint density at radius 1 is 1.18 bits per heavy atom. The van der Waals surface area contributed by atoms with E-state index in [9.17, 15) is 14.9 Å². The molecule has 0 N–H and O–H groups in total. The van der Waals surface area contributed by atoms with Gasteiger partial charge >= 0.3 is 5.63 Å². The second kappa shape index (κ2) is 7.16. The molecule has 142 valence electrons. The number of rotatable bonds is 5. The van der Waals surface area contributed by atoms with Crippen molar-refractivity contribution in [2.75, 3.05) is 0 Å². The van der Waals surface area contributed by atoms with E-state index in [1.54, 1.807) is 36.0 Å². The Hall–Kier alpha value is -3.06. The van der Waals surface area contributed by atoms with E-state index >= 15 is 0 Å². The molecule has 7 heteroatoms. The van der Waals surface area contributed by atoms with Gasteiger partial charge in [0, 0.05) is 41.9 Å². The molecule has 0 radical (unpaired) electrons. The third-order valence-electron chi connectivity index (χ3n) is 4.99. The van der Waals surface area contributed by atoms with Gasteiger partial charge in [0.2, 0.25) is 0 Å². The van der Waals surface area contributed by atoms with E-state index in [0.29, 0.717) is 12.1 Å². The van der Waals surface area contributed by atoms with Crippen LogP contribution < -0.4 is 5.63 Å². The Labute approximate surface area is 165 Å². The third-order valence-corrected chi connectivity index (χ3v) is 6.38. The zero-order valence-corrected chi connectivity index (χ0v) is 16.0. The molecule has 2 aromatic carbocycles. The third kappa shape index (κ3) is 3.07. The number of benzene rings is 2. The molecule has 1 aliphatic rings. The molecule has 6 nitrogen and oxygen atoms in total. The predicted octanol–water partition coefficient (Wildman–Crippen LogP) is 4.98. The Kier molecular flexibility index (Phi) is 4.68. The first-order valence-corrected chi connectivity index (χ1v) is 9.79. The SMILES string of the molecule is CCC1(c2cc(=O)oc3ccccc23)SC=CN1Cc1cccc([N+](=O)[O-])c1. The molecular weight excluding hydrogens is 376 g/mol. The minimum Gasteiger partial charge on any atom is -0.423 e. The zero-order chi connectivity index (χ0) is 19.7. The molecular formula is C21H18N2O4S. The lowest BCUT2D eigenvalue weighted by Crippen LogP contribution is -2.37. The van der Waals surface area contributed by atoms with Crippen LogP contribution in [-0.4, -0.2) is 9.82 Å². The maximum Gasteiger partial charge on any atom is 0.336 e. The van der Waals surface area contributed by atoms with Gasteiger partial charge in [-0.3, -0.25) is 10.1 Å². The number of thioether (sulfide) groups is 1. The molecule has 1 aliphatic heterocycles. The molecule has 1 unspecified atom stereocenters. The normalized spacial score (nSPS) is 18.7. The van der Waals surface area contributed by atoms with Crippen LogP contribution in [0, 0.1) is 10.1 Å². The van der Waals surface area contributed by atoms with E-state index in [4.69, 9.17) is 4.42 Å². The molecule has 0 saturated carbocycles. The first-order chi connectivity index (χ1) is 13.5. The molecule has 0 aliphatic carbocycles. The molecule has 1 aromatic heterocycles. The fourth-order valence-electron chi connectivity index (χ4n) is 3.68. The van der Waals surface area contributed by atoms with Crippen molar-refractivity contribution in [2.45, 2.75) is 24.8 Å². The van der Waals surface area contributed by atoms with Gasteiger partial charge in [0.25, 0.3) is 5.69 Å². The number of non-ortho nitro benzene ring substituents is 1. The van der Waals surface area contributed by atoms with Crippen LogP contribution in [0.15, 0.2) is 75.4 Å². The number of fused-ring (bicyclic) bond motifs is 1. The summed E-state index contributed by atoms with van der Waals surface area (Å²) in [5.41, 5.74) is 1.97. The molecule has 1 atom stereocenters. The first kappa shape index (κ1) is 18.3. The number of nitro benzene ring substituents is 1. The quantitative estimate of drug-likeness (QED) is 0.345. The lowest BCUT2D eigenvalue weighted by atomic mass is 9.98. The fourth-order valence-corrected chi connectivity index (χ4v) is 4.84. The Balaban J connectivity index is 1.80. The number of hydrogen-bond donors (Lipinski definition) is 0. The van der Waals surface area contributed by atoms with Crippen LogP contribution in [0.5, 0.6) is 0 Å². The van der Waals surface area contributed by atoms with Crippen molar-refractivity contribution in [3.05, 3.63) is 97.9 Å². The molecule has 0 spiro atoms. The van der Waals surface area contributed by atoms with Gasteiger partial charge in [0.05, 0.1) is 4.92 Å². The number of hydrogen-bond acceptors (Lipinski definition) is 6. The Morgan fingerprint density at radius 3 is 2.79 bits per heavy atom. The minimum absolute atomic E-state index is 0.0706. The van der Waals surface area contributed by atoms with Gasteiger partial charge in [-0.1, -0.05) is 49.0 Å². The summed E-state index contributed by atoms with van der Waals surface area (Å²) >= 11 is 1.64.